The fourth-order valence-corrected chi connectivity index (χ4v) is 2.35. The highest BCUT2D eigenvalue weighted by Crippen LogP contribution is 2.23. The molecule has 0 saturated carbocycles. The summed E-state index contributed by atoms with van der Waals surface area (Å²) in [6, 6.07) is 10.2. The molecule has 1 aromatic heterocycles. The van der Waals surface area contributed by atoms with Gasteiger partial charge in [-0.1, -0.05) is 29.8 Å². The third-order valence-corrected chi connectivity index (χ3v) is 3.44. The molecule has 0 atom stereocenters. The first-order valence-electron chi connectivity index (χ1n) is 6.42. The van der Waals surface area contributed by atoms with Crippen LogP contribution in [0, 0.1) is 6.92 Å². The molecule has 0 N–H and O–H groups in total. The molecule has 0 saturated heterocycles. The lowest BCUT2D eigenvalue weighted by molar-refractivity contribution is 0.0976. The zero-order valence-corrected chi connectivity index (χ0v) is 10.5. The summed E-state index contributed by atoms with van der Waals surface area (Å²) in [4.78, 5) is 11.9. The van der Waals surface area contributed by atoms with Crippen molar-refractivity contribution in [3.8, 4) is 11.3 Å². The molecule has 0 radical (unpaired) electrons. The van der Waals surface area contributed by atoms with Crippen molar-refractivity contribution >= 4 is 5.78 Å². The monoisotopic (exact) mass is 240 g/mol. The SMILES string of the molecule is Cc1ccc(-c2cc3n(n2)CCCCC3=O)cc1. The van der Waals surface area contributed by atoms with Gasteiger partial charge < -0.3 is 0 Å². The van der Waals surface area contributed by atoms with E-state index in [1.165, 1.54) is 5.56 Å². The maximum absolute atomic E-state index is 11.9. The molecular weight excluding hydrogens is 224 g/mol. The molecule has 2 aromatic rings. The molecule has 92 valence electrons. The molecular formula is C15H16N2O. The number of benzene rings is 1. The summed E-state index contributed by atoms with van der Waals surface area (Å²) in [5.41, 5.74) is 3.98. The molecule has 0 unspecified atom stereocenters. The molecule has 0 bridgehead atoms. The third kappa shape index (κ3) is 1.96. The van der Waals surface area contributed by atoms with E-state index in [0.29, 0.717) is 6.42 Å². The van der Waals surface area contributed by atoms with Crippen LogP contribution in [-0.4, -0.2) is 15.6 Å². The number of aromatic nitrogens is 2. The summed E-state index contributed by atoms with van der Waals surface area (Å²) in [5, 5.41) is 4.56. The van der Waals surface area contributed by atoms with Crippen LogP contribution < -0.4 is 0 Å². The minimum Gasteiger partial charge on any atom is -0.292 e. The van der Waals surface area contributed by atoms with E-state index >= 15 is 0 Å². The van der Waals surface area contributed by atoms with Crippen LogP contribution in [-0.2, 0) is 6.54 Å². The number of ketones is 1. The van der Waals surface area contributed by atoms with Crippen molar-refractivity contribution < 1.29 is 4.79 Å². The second-order valence-corrected chi connectivity index (χ2v) is 4.88. The molecule has 2 heterocycles. The number of fused-ring (bicyclic) bond motifs is 1. The summed E-state index contributed by atoms with van der Waals surface area (Å²) < 4.78 is 1.87. The predicted molar refractivity (Wildman–Crippen MR) is 70.6 cm³/mol. The van der Waals surface area contributed by atoms with E-state index in [-0.39, 0.29) is 5.78 Å². The Bertz CT molecular complexity index is 581. The minimum atomic E-state index is 0.221. The molecule has 0 spiro atoms. The number of Topliss-reactive ketones (excluding diaryl/α,β-unsaturated/α-hetero) is 1. The van der Waals surface area contributed by atoms with Crippen molar-refractivity contribution in [1.82, 2.24) is 9.78 Å². The van der Waals surface area contributed by atoms with Gasteiger partial charge in [0.2, 0.25) is 0 Å². The highest BCUT2D eigenvalue weighted by Gasteiger charge is 2.18. The van der Waals surface area contributed by atoms with Gasteiger partial charge >= 0.3 is 0 Å². The fraction of sp³-hybridized carbons (Fsp3) is 0.333. The van der Waals surface area contributed by atoms with Gasteiger partial charge in [0, 0.05) is 18.5 Å². The third-order valence-electron chi connectivity index (χ3n) is 3.44. The average molecular weight is 240 g/mol. The van der Waals surface area contributed by atoms with E-state index in [4.69, 9.17) is 0 Å². The van der Waals surface area contributed by atoms with E-state index < -0.39 is 0 Å². The van der Waals surface area contributed by atoms with Gasteiger partial charge in [0.25, 0.3) is 0 Å². The van der Waals surface area contributed by atoms with Gasteiger partial charge in [0.05, 0.1) is 5.69 Å². The molecule has 0 fully saturated rings. The first kappa shape index (κ1) is 11.2. The van der Waals surface area contributed by atoms with Crippen LogP contribution in [0.15, 0.2) is 30.3 Å². The fourth-order valence-electron chi connectivity index (χ4n) is 2.35. The van der Waals surface area contributed by atoms with Gasteiger partial charge in [-0.2, -0.15) is 5.10 Å². The van der Waals surface area contributed by atoms with Gasteiger partial charge in [-0.25, -0.2) is 0 Å². The molecule has 0 aliphatic carbocycles. The number of nitrogens with zero attached hydrogens (tertiary/aromatic N) is 2. The van der Waals surface area contributed by atoms with Crippen molar-refractivity contribution in [3.05, 3.63) is 41.6 Å². The number of aryl methyl sites for hydroxylation is 2. The van der Waals surface area contributed by atoms with Crippen LogP contribution in [0.4, 0.5) is 0 Å². The van der Waals surface area contributed by atoms with Crippen molar-refractivity contribution in [2.45, 2.75) is 32.7 Å². The number of carbonyl (C=O) groups is 1. The van der Waals surface area contributed by atoms with Crippen molar-refractivity contribution in [1.29, 1.82) is 0 Å². The summed E-state index contributed by atoms with van der Waals surface area (Å²) in [5.74, 6) is 0.221. The number of hydrogen-bond donors (Lipinski definition) is 0. The van der Waals surface area contributed by atoms with Crippen LogP contribution >= 0.6 is 0 Å². The topological polar surface area (TPSA) is 34.9 Å². The van der Waals surface area contributed by atoms with E-state index in [2.05, 4.69) is 36.3 Å². The molecule has 3 rings (SSSR count). The summed E-state index contributed by atoms with van der Waals surface area (Å²) >= 11 is 0. The van der Waals surface area contributed by atoms with Gasteiger partial charge in [-0.05, 0) is 25.8 Å². The quantitative estimate of drug-likeness (QED) is 0.767. The van der Waals surface area contributed by atoms with Gasteiger partial charge in [-0.15, -0.1) is 0 Å². The molecule has 1 aromatic carbocycles. The smallest absolute Gasteiger partial charge is 0.180 e. The lowest BCUT2D eigenvalue weighted by atomic mass is 10.1. The average Bonchev–Trinajstić information content (AvgIpc) is 2.72. The Morgan fingerprint density at radius 2 is 1.94 bits per heavy atom. The molecule has 1 aliphatic rings. The molecule has 3 nitrogen and oxygen atoms in total. The summed E-state index contributed by atoms with van der Waals surface area (Å²) in [6.45, 7) is 2.92. The lowest BCUT2D eigenvalue weighted by Crippen LogP contribution is -2.06. The van der Waals surface area contributed by atoms with E-state index in [1.54, 1.807) is 0 Å². The Hall–Kier alpha value is -1.90. The van der Waals surface area contributed by atoms with Crippen molar-refractivity contribution in [2.24, 2.45) is 0 Å². The zero-order valence-electron chi connectivity index (χ0n) is 10.5. The zero-order chi connectivity index (χ0) is 12.5. The molecule has 18 heavy (non-hydrogen) atoms. The molecule has 3 heteroatoms. The second-order valence-electron chi connectivity index (χ2n) is 4.88. The first-order chi connectivity index (χ1) is 8.74. The molecule has 1 aliphatic heterocycles. The normalized spacial score (nSPS) is 15.3. The van der Waals surface area contributed by atoms with Crippen molar-refractivity contribution in [3.63, 3.8) is 0 Å². The number of carbonyl (C=O) groups excluding carboxylic acids is 1. The van der Waals surface area contributed by atoms with Crippen LogP contribution in [0.3, 0.4) is 0 Å². The second kappa shape index (κ2) is 4.41. The van der Waals surface area contributed by atoms with Crippen LogP contribution in [0.1, 0.15) is 35.3 Å². The minimum absolute atomic E-state index is 0.221. The van der Waals surface area contributed by atoms with Crippen LogP contribution in [0.25, 0.3) is 11.3 Å². The highest BCUT2D eigenvalue weighted by molar-refractivity contribution is 5.95. The molecule has 0 amide bonds. The van der Waals surface area contributed by atoms with Crippen LogP contribution in [0.5, 0.6) is 0 Å². The summed E-state index contributed by atoms with van der Waals surface area (Å²) in [6.07, 6.45) is 2.66. The highest BCUT2D eigenvalue weighted by atomic mass is 16.1. The Labute approximate surface area is 106 Å². The van der Waals surface area contributed by atoms with Gasteiger partial charge in [0.15, 0.2) is 5.78 Å². The van der Waals surface area contributed by atoms with E-state index in [1.807, 2.05) is 10.7 Å². The van der Waals surface area contributed by atoms with E-state index in [9.17, 15) is 4.79 Å². The first-order valence-corrected chi connectivity index (χ1v) is 6.42. The maximum atomic E-state index is 11.9. The van der Waals surface area contributed by atoms with Crippen molar-refractivity contribution in [2.75, 3.05) is 0 Å². The Balaban J connectivity index is 2.02. The Morgan fingerprint density at radius 3 is 2.72 bits per heavy atom. The van der Waals surface area contributed by atoms with Gasteiger partial charge in [-0.3, -0.25) is 9.48 Å². The predicted octanol–water partition coefficient (Wildman–Crippen LogP) is 3.23. The van der Waals surface area contributed by atoms with E-state index in [0.717, 1.165) is 36.3 Å². The number of hydrogen-bond acceptors (Lipinski definition) is 2. The Kier molecular flexibility index (Phi) is 2.74. The maximum Gasteiger partial charge on any atom is 0.180 e. The largest absolute Gasteiger partial charge is 0.292 e. The number of rotatable bonds is 1. The summed E-state index contributed by atoms with van der Waals surface area (Å²) in [7, 11) is 0. The Morgan fingerprint density at radius 1 is 1.17 bits per heavy atom. The van der Waals surface area contributed by atoms with Crippen LogP contribution in [0.2, 0.25) is 0 Å². The lowest BCUT2D eigenvalue weighted by Gasteiger charge is -1.99. The van der Waals surface area contributed by atoms with Gasteiger partial charge in [0.1, 0.15) is 5.69 Å². The standard InChI is InChI=1S/C15H16N2O/c1-11-5-7-12(8-6-11)13-10-14-15(18)4-2-3-9-17(14)16-13/h5-8,10H,2-4,9H2,1H3.